The molecule has 0 spiro atoms. The van der Waals surface area contributed by atoms with Gasteiger partial charge in [-0.25, -0.2) is 0 Å². The van der Waals surface area contributed by atoms with E-state index < -0.39 is 5.97 Å². The summed E-state index contributed by atoms with van der Waals surface area (Å²) < 4.78 is 0. The molecule has 0 aliphatic rings. The Morgan fingerprint density at radius 2 is 2.50 bits per heavy atom. The Morgan fingerprint density at radius 1 is 1.75 bits per heavy atom. The zero-order chi connectivity index (χ0) is 12.0. The average Bonchev–Trinajstić information content (AvgIpc) is 2.27. The van der Waals surface area contributed by atoms with Crippen molar-refractivity contribution in [3.63, 3.8) is 0 Å². The molecule has 0 aliphatic heterocycles. The molecular weight excluding hydrogens is 206 g/mol. The standard InChI is InChI=1S/C11H13N3O2/c1-8(2-3-11(15)16)14-10-7-13-5-4-9(10)6-12/h4-5,7-8,14H,2-3H2,1H3,(H,15,16). The highest BCUT2D eigenvalue weighted by atomic mass is 16.4. The van der Waals surface area contributed by atoms with Crippen LogP contribution in [0.1, 0.15) is 25.3 Å². The Morgan fingerprint density at radius 3 is 3.12 bits per heavy atom. The summed E-state index contributed by atoms with van der Waals surface area (Å²) in [5.41, 5.74) is 1.15. The molecule has 1 heterocycles. The number of carbonyl (C=O) groups is 1. The highest BCUT2D eigenvalue weighted by molar-refractivity contribution is 5.66. The molecule has 0 amide bonds. The number of carboxylic acid groups (broad SMARTS) is 1. The van der Waals surface area contributed by atoms with E-state index in [-0.39, 0.29) is 12.5 Å². The zero-order valence-corrected chi connectivity index (χ0v) is 8.97. The van der Waals surface area contributed by atoms with E-state index in [0.717, 1.165) is 0 Å². The lowest BCUT2D eigenvalue weighted by Gasteiger charge is -2.14. The summed E-state index contributed by atoms with van der Waals surface area (Å²) in [6, 6.07) is 3.66. The van der Waals surface area contributed by atoms with Gasteiger partial charge in [-0.05, 0) is 19.4 Å². The molecule has 1 atom stereocenters. The van der Waals surface area contributed by atoms with Crippen LogP contribution in [0.4, 0.5) is 5.69 Å². The summed E-state index contributed by atoms with van der Waals surface area (Å²) in [7, 11) is 0. The summed E-state index contributed by atoms with van der Waals surface area (Å²) >= 11 is 0. The molecule has 5 heteroatoms. The Hall–Kier alpha value is -2.09. The third-order valence-corrected chi connectivity index (χ3v) is 2.13. The van der Waals surface area contributed by atoms with Gasteiger partial charge in [0.05, 0.1) is 17.4 Å². The largest absolute Gasteiger partial charge is 0.481 e. The monoisotopic (exact) mass is 219 g/mol. The van der Waals surface area contributed by atoms with Crippen molar-refractivity contribution in [1.29, 1.82) is 5.26 Å². The highest BCUT2D eigenvalue weighted by Gasteiger charge is 2.07. The van der Waals surface area contributed by atoms with E-state index in [1.165, 1.54) is 0 Å². The number of nitrogens with one attached hydrogen (secondary N) is 1. The molecular formula is C11H13N3O2. The molecule has 2 N–H and O–H groups in total. The number of nitrogens with zero attached hydrogens (tertiary/aromatic N) is 2. The number of nitriles is 1. The molecule has 1 aromatic heterocycles. The minimum absolute atomic E-state index is 0.00704. The summed E-state index contributed by atoms with van der Waals surface area (Å²) in [6.07, 6.45) is 3.73. The van der Waals surface area contributed by atoms with Crippen molar-refractivity contribution in [2.45, 2.75) is 25.8 Å². The molecule has 0 aliphatic carbocycles. The van der Waals surface area contributed by atoms with Gasteiger partial charge >= 0.3 is 5.97 Å². The van der Waals surface area contributed by atoms with Crippen molar-refractivity contribution >= 4 is 11.7 Å². The van der Waals surface area contributed by atoms with Gasteiger partial charge in [-0.3, -0.25) is 9.78 Å². The van der Waals surface area contributed by atoms with Crippen molar-refractivity contribution in [1.82, 2.24) is 4.98 Å². The molecule has 0 bridgehead atoms. The quantitative estimate of drug-likeness (QED) is 0.785. The average molecular weight is 219 g/mol. The summed E-state index contributed by atoms with van der Waals surface area (Å²) in [4.78, 5) is 14.3. The van der Waals surface area contributed by atoms with Crippen LogP contribution in [-0.4, -0.2) is 22.1 Å². The molecule has 84 valence electrons. The second kappa shape index (κ2) is 5.71. The van der Waals surface area contributed by atoms with Crippen molar-refractivity contribution in [2.75, 3.05) is 5.32 Å². The van der Waals surface area contributed by atoms with E-state index in [1.807, 2.05) is 13.0 Å². The number of aliphatic carboxylic acids is 1. The molecule has 16 heavy (non-hydrogen) atoms. The highest BCUT2D eigenvalue weighted by Crippen LogP contribution is 2.14. The van der Waals surface area contributed by atoms with Gasteiger partial charge < -0.3 is 10.4 Å². The summed E-state index contributed by atoms with van der Waals surface area (Å²) in [5.74, 6) is -0.819. The van der Waals surface area contributed by atoms with Crippen LogP contribution in [0.2, 0.25) is 0 Å². The van der Waals surface area contributed by atoms with Gasteiger partial charge in [0.25, 0.3) is 0 Å². The third-order valence-electron chi connectivity index (χ3n) is 2.13. The van der Waals surface area contributed by atoms with E-state index in [4.69, 9.17) is 10.4 Å². The number of anilines is 1. The third kappa shape index (κ3) is 3.58. The van der Waals surface area contributed by atoms with Crippen LogP contribution in [-0.2, 0) is 4.79 Å². The Balaban J connectivity index is 2.59. The SMILES string of the molecule is CC(CCC(=O)O)Nc1cnccc1C#N. The second-order valence-electron chi connectivity index (χ2n) is 3.51. The van der Waals surface area contributed by atoms with Gasteiger partial charge in [-0.2, -0.15) is 5.26 Å². The smallest absolute Gasteiger partial charge is 0.303 e. The first kappa shape index (κ1) is 12.0. The maximum atomic E-state index is 10.4. The van der Waals surface area contributed by atoms with Crippen LogP contribution in [0.5, 0.6) is 0 Å². The Kier molecular flexibility index (Phi) is 4.28. The van der Waals surface area contributed by atoms with Crippen LogP contribution < -0.4 is 5.32 Å². The van der Waals surface area contributed by atoms with Crippen molar-refractivity contribution < 1.29 is 9.90 Å². The maximum Gasteiger partial charge on any atom is 0.303 e. The minimum Gasteiger partial charge on any atom is -0.481 e. The van der Waals surface area contributed by atoms with Gasteiger partial charge in [-0.1, -0.05) is 0 Å². The first-order valence-electron chi connectivity index (χ1n) is 4.96. The molecule has 0 radical (unpaired) electrons. The molecule has 0 saturated heterocycles. The lowest BCUT2D eigenvalue weighted by Crippen LogP contribution is -2.17. The first-order chi connectivity index (χ1) is 7.63. The predicted octanol–water partition coefficient (Wildman–Crippen LogP) is 1.62. The molecule has 0 saturated carbocycles. The van der Waals surface area contributed by atoms with Crippen LogP contribution in [0.3, 0.4) is 0 Å². The minimum atomic E-state index is -0.819. The van der Waals surface area contributed by atoms with Crippen LogP contribution >= 0.6 is 0 Å². The maximum absolute atomic E-state index is 10.4. The van der Waals surface area contributed by atoms with E-state index in [0.29, 0.717) is 17.7 Å². The topological polar surface area (TPSA) is 86.0 Å². The number of hydrogen-bond donors (Lipinski definition) is 2. The van der Waals surface area contributed by atoms with Crippen molar-refractivity contribution in [3.05, 3.63) is 24.0 Å². The summed E-state index contributed by atoms with van der Waals surface area (Å²) in [5, 5.41) is 20.4. The lowest BCUT2D eigenvalue weighted by molar-refractivity contribution is -0.137. The van der Waals surface area contributed by atoms with Crippen molar-refractivity contribution in [3.8, 4) is 6.07 Å². The number of hydrogen-bond acceptors (Lipinski definition) is 4. The van der Waals surface area contributed by atoms with Crippen LogP contribution in [0.25, 0.3) is 0 Å². The predicted molar refractivity (Wildman–Crippen MR) is 58.9 cm³/mol. The van der Waals surface area contributed by atoms with Crippen LogP contribution in [0.15, 0.2) is 18.5 Å². The van der Waals surface area contributed by atoms with E-state index in [2.05, 4.69) is 10.3 Å². The zero-order valence-electron chi connectivity index (χ0n) is 8.97. The van der Waals surface area contributed by atoms with Gasteiger partial charge in [-0.15, -0.1) is 0 Å². The first-order valence-corrected chi connectivity index (χ1v) is 4.96. The molecule has 1 rings (SSSR count). The fourth-order valence-corrected chi connectivity index (χ4v) is 1.28. The molecule has 1 aromatic rings. The molecule has 0 aromatic carbocycles. The number of rotatable bonds is 5. The molecule has 5 nitrogen and oxygen atoms in total. The Bertz CT molecular complexity index is 412. The molecule has 1 unspecified atom stereocenters. The Labute approximate surface area is 93.7 Å². The number of carboxylic acids is 1. The van der Waals surface area contributed by atoms with Gasteiger partial charge in [0.15, 0.2) is 0 Å². The fraction of sp³-hybridized carbons (Fsp3) is 0.364. The van der Waals surface area contributed by atoms with Gasteiger partial charge in [0.1, 0.15) is 6.07 Å². The second-order valence-corrected chi connectivity index (χ2v) is 3.51. The van der Waals surface area contributed by atoms with E-state index in [9.17, 15) is 4.79 Å². The lowest BCUT2D eigenvalue weighted by atomic mass is 10.1. The van der Waals surface area contributed by atoms with Gasteiger partial charge in [0, 0.05) is 18.7 Å². The van der Waals surface area contributed by atoms with Crippen molar-refractivity contribution in [2.24, 2.45) is 0 Å². The summed E-state index contributed by atoms with van der Waals surface area (Å²) in [6.45, 7) is 1.87. The van der Waals surface area contributed by atoms with E-state index >= 15 is 0 Å². The number of pyridine rings is 1. The fourth-order valence-electron chi connectivity index (χ4n) is 1.28. The van der Waals surface area contributed by atoms with Crippen LogP contribution in [0, 0.1) is 11.3 Å². The van der Waals surface area contributed by atoms with E-state index in [1.54, 1.807) is 18.5 Å². The normalized spacial score (nSPS) is 11.5. The van der Waals surface area contributed by atoms with Gasteiger partial charge in [0.2, 0.25) is 0 Å². The number of aromatic nitrogens is 1. The molecule has 0 fully saturated rings.